The topological polar surface area (TPSA) is 65.1 Å². The van der Waals surface area contributed by atoms with Gasteiger partial charge in [0, 0.05) is 18.2 Å². The maximum absolute atomic E-state index is 13.9. The van der Waals surface area contributed by atoms with E-state index in [0.717, 1.165) is 12.8 Å². The van der Waals surface area contributed by atoms with E-state index in [0.29, 0.717) is 17.1 Å². The molecule has 0 bridgehead atoms. The van der Waals surface area contributed by atoms with Gasteiger partial charge in [0.2, 0.25) is 6.79 Å². The quantitative estimate of drug-likeness (QED) is 0.731. The molecule has 1 saturated carbocycles. The normalized spacial score (nSPS) is 14.7. The van der Waals surface area contributed by atoms with Gasteiger partial charge in [0.25, 0.3) is 5.91 Å². The van der Waals surface area contributed by atoms with Gasteiger partial charge in [-0.25, -0.2) is 9.18 Å². The summed E-state index contributed by atoms with van der Waals surface area (Å²) in [5, 5.41) is 0. The molecule has 0 spiro atoms. The lowest BCUT2D eigenvalue weighted by Gasteiger charge is -2.22. The molecule has 1 amide bonds. The van der Waals surface area contributed by atoms with Crippen molar-refractivity contribution in [3.8, 4) is 11.5 Å². The summed E-state index contributed by atoms with van der Waals surface area (Å²) in [6.07, 6.45) is 1.74. The van der Waals surface area contributed by atoms with Crippen molar-refractivity contribution in [3.05, 3.63) is 59.4 Å². The van der Waals surface area contributed by atoms with Crippen LogP contribution in [0.15, 0.2) is 42.5 Å². The van der Waals surface area contributed by atoms with Gasteiger partial charge in [-0.3, -0.25) is 4.79 Å². The lowest BCUT2D eigenvalue weighted by atomic mass is 10.2. The van der Waals surface area contributed by atoms with Gasteiger partial charge >= 0.3 is 5.97 Å². The maximum atomic E-state index is 13.9. The Balaban J connectivity index is 1.38. The number of hydrogen-bond acceptors (Lipinski definition) is 5. The third kappa shape index (κ3) is 3.86. The molecule has 0 unspecified atom stereocenters. The summed E-state index contributed by atoms with van der Waals surface area (Å²) >= 11 is 0. The van der Waals surface area contributed by atoms with Crippen molar-refractivity contribution in [2.75, 3.05) is 13.4 Å². The molecule has 0 N–H and O–H groups in total. The highest BCUT2D eigenvalue weighted by Crippen LogP contribution is 2.33. The Morgan fingerprint density at radius 2 is 1.89 bits per heavy atom. The van der Waals surface area contributed by atoms with Crippen molar-refractivity contribution in [2.45, 2.75) is 25.4 Å². The predicted octanol–water partition coefficient (Wildman–Crippen LogP) is 2.90. The van der Waals surface area contributed by atoms with Gasteiger partial charge in [0.1, 0.15) is 5.82 Å². The standard InChI is InChI=1S/C20H18FNO5/c21-16-4-2-1-3-14(16)10-22(15-6-7-15)19(23)11-25-20(24)13-5-8-17-18(9-13)27-12-26-17/h1-5,8-9,15H,6-7,10-12H2. The minimum Gasteiger partial charge on any atom is -0.454 e. The fourth-order valence-corrected chi connectivity index (χ4v) is 2.93. The molecule has 1 aliphatic heterocycles. The lowest BCUT2D eigenvalue weighted by molar-refractivity contribution is -0.135. The molecule has 2 aliphatic rings. The summed E-state index contributed by atoms with van der Waals surface area (Å²) in [4.78, 5) is 26.3. The third-order valence-corrected chi connectivity index (χ3v) is 4.54. The van der Waals surface area contributed by atoms with E-state index in [4.69, 9.17) is 14.2 Å². The SMILES string of the molecule is O=C(OCC(=O)N(Cc1ccccc1F)C1CC1)c1ccc2c(c1)OCO2. The second kappa shape index (κ2) is 7.26. The van der Waals surface area contributed by atoms with Crippen molar-refractivity contribution in [2.24, 2.45) is 0 Å². The first-order chi connectivity index (χ1) is 13.1. The van der Waals surface area contributed by atoms with Crippen LogP contribution in [-0.4, -0.2) is 36.2 Å². The number of carbonyl (C=O) groups excluding carboxylic acids is 2. The lowest BCUT2D eigenvalue weighted by Crippen LogP contribution is -2.36. The van der Waals surface area contributed by atoms with E-state index in [9.17, 15) is 14.0 Å². The average Bonchev–Trinajstić information content (AvgIpc) is 3.41. The molecule has 2 aromatic carbocycles. The van der Waals surface area contributed by atoms with Crippen LogP contribution in [0.3, 0.4) is 0 Å². The first kappa shape index (κ1) is 17.3. The minimum absolute atomic E-state index is 0.0707. The molecule has 0 radical (unpaired) electrons. The largest absolute Gasteiger partial charge is 0.454 e. The maximum Gasteiger partial charge on any atom is 0.338 e. The molecule has 0 saturated heterocycles. The molecule has 0 atom stereocenters. The van der Waals surface area contributed by atoms with Gasteiger partial charge in [0.05, 0.1) is 5.56 Å². The average molecular weight is 371 g/mol. The van der Waals surface area contributed by atoms with Crippen LogP contribution in [0.4, 0.5) is 4.39 Å². The first-order valence-electron chi connectivity index (χ1n) is 8.71. The zero-order chi connectivity index (χ0) is 18.8. The molecule has 1 fully saturated rings. The Labute approximate surface area is 155 Å². The summed E-state index contributed by atoms with van der Waals surface area (Å²) < 4.78 is 29.5. The Morgan fingerprint density at radius 1 is 1.11 bits per heavy atom. The van der Waals surface area contributed by atoms with Gasteiger partial charge in [0.15, 0.2) is 18.1 Å². The third-order valence-electron chi connectivity index (χ3n) is 4.54. The molecular weight excluding hydrogens is 353 g/mol. The summed E-state index contributed by atoms with van der Waals surface area (Å²) in [5.41, 5.74) is 0.721. The summed E-state index contributed by atoms with van der Waals surface area (Å²) in [6.45, 7) is -0.116. The molecule has 140 valence electrons. The van der Waals surface area contributed by atoms with Crippen LogP contribution in [0.1, 0.15) is 28.8 Å². The number of halogens is 1. The van der Waals surface area contributed by atoms with Crippen LogP contribution >= 0.6 is 0 Å². The van der Waals surface area contributed by atoms with Gasteiger partial charge in [-0.15, -0.1) is 0 Å². The molecule has 1 heterocycles. The van der Waals surface area contributed by atoms with Crippen LogP contribution in [0.2, 0.25) is 0 Å². The Hall–Kier alpha value is -3.09. The molecule has 27 heavy (non-hydrogen) atoms. The van der Waals surface area contributed by atoms with Crippen LogP contribution in [0.25, 0.3) is 0 Å². The van der Waals surface area contributed by atoms with Crippen molar-refractivity contribution in [3.63, 3.8) is 0 Å². The van der Waals surface area contributed by atoms with E-state index in [1.165, 1.54) is 12.1 Å². The zero-order valence-corrected chi connectivity index (χ0v) is 14.5. The number of amides is 1. The number of hydrogen-bond donors (Lipinski definition) is 0. The number of rotatable bonds is 6. The number of carbonyl (C=O) groups is 2. The first-order valence-corrected chi connectivity index (χ1v) is 8.71. The molecule has 7 heteroatoms. The second-order valence-electron chi connectivity index (χ2n) is 6.49. The van der Waals surface area contributed by atoms with E-state index in [2.05, 4.69) is 0 Å². The van der Waals surface area contributed by atoms with E-state index >= 15 is 0 Å². The van der Waals surface area contributed by atoms with Crippen LogP contribution in [0, 0.1) is 5.82 Å². The number of fused-ring (bicyclic) bond motifs is 1. The predicted molar refractivity (Wildman–Crippen MR) is 92.8 cm³/mol. The van der Waals surface area contributed by atoms with Crippen LogP contribution in [-0.2, 0) is 16.1 Å². The zero-order valence-electron chi connectivity index (χ0n) is 14.5. The highest BCUT2D eigenvalue weighted by Gasteiger charge is 2.33. The summed E-state index contributed by atoms with van der Waals surface area (Å²) in [5.74, 6) is -0.284. The summed E-state index contributed by atoms with van der Waals surface area (Å²) in [6, 6.07) is 11.1. The number of nitrogens with zero attached hydrogens (tertiary/aromatic N) is 1. The summed E-state index contributed by atoms with van der Waals surface area (Å²) in [7, 11) is 0. The van der Waals surface area contributed by atoms with Crippen LogP contribution in [0.5, 0.6) is 11.5 Å². The Morgan fingerprint density at radius 3 is 2.67 bits per heavy atom. The van der Waals surface area contributed by atoms with E-state index in [1.807, 2.05) is 0 Å². The Bertz CT molecular complexity index is 880. The van der Waals surface area contributed by atoms with Gasteiger partial charge in [-0.1, -0.05) is 18.2 Å². The van der Waals surface area contributed by atoms with Crippen molar-refractivity contribution in [1.29, 1.82) is 0 Å². The van der Waals surface area contributed by atoms with Crippen molar-refractivity contribution < 1.29 is 28.2 Å². The van der Waals surface area contributed by atoms with Gasteiger partial charge < -0.3 is 19.1 Å². The van der Waals surface area contributed by atoms with E-state index in [1.54, 1.807) is 35.2 Å². The smallest absolute Gasteiger partial charge is 0.338 e. The number of esters is 1. The van der Waals surface area contributed by atoms with E-state index < -0.39 is 12.6 Å². The molecule has 0 aromatic heterocycles. The second-order valence-corrected chi connectivity index (χ2v) is 6.49. The highest BCUT2D eigenvalue weighted by atomic mass is 19.1. The van der Waals surface area contributed by atoms with Crippen molar-refractivity contribution in [1.82, 2.24) is 4.90 Å². The van der Waals surface area contributed by atoms with E-state index in [-0.39, 0.29) is 36.7 Å². The molecule has 1 aliphatic carbocycles. The molecule has 6 nitrogen and oxygen atoms in total. The number of benzene rings is 2. The van der Waals surface area contributed by atoms with Gasteiger partial charge in [-0.05, 0) is 37.1 Å². The highest BCUT2D eigenvalue weighted by molar-refractivity contribution is 5.92. The molecular formula is C20H18FNO5. The molecule has 2 aromatic rings. The fraction of sp³-hybridized carbons (Fsp3) is 0.300. The fourth-order valence-electron chi connectivity index (χ4n) is 2.93. The van der Waals surface area contributed by atoms with Gasteiger partial charge in [-0.2, -0.15) is 0 Å². The molecule has 4 rings (SSSR count). The number of ether oxygens (including phenoxy) is 3. The monoisotopic (exact) mass is 371 g/mol. The van der Waals surface area contributed by atoms with Crippen LogP contribution < -0.4 is 9.47 Å². The minimum atomic E-state index is -0.622. The van der Waals surface area contributed by atoms with Crippen molar-refractivity contribution >= 4 is 11.9 Å². The Kier molecular flexibility index (Phi) is 4.66.